The summed E-state index contributed by atoms with van der Waals surface area (Å²) in [5.41, 5.74) is 4.16. The number of ether oxygens (including phenoxy) is 3. The second-order valence-electron chi connectivity index (χ2n) is 10.1. The molecule has 0 bridgehead atoms. The highest BCUT2D eigenvalue weighted by Gasteiger charge is 2.31. The van der Waals surface area contributed by atoms with Gasteiger partial charge >= 0.3 is 6.01 Å². The van der Waals surface area contributed by atoms with Gasteiger partial charge in [-0.2, -0.15) is 9.97 Å². The number of piperidine rings is 1. The zero-order chi connectivity index (χ0) is 25.9. The second kappa shape index (κ2) is 11.1. The van der Waals surface area contributed by atoms with Crippen molar-refractivity contribution < 1.29 is 19.0 Å². The number of morpholine rings is 1. The summed E-state index contributed by atoms with van der Waals surface area (Å²) < 4.78 is 16.4. The number of Topliss-reactive ketones (excluding diaryl/α,β-unsaturated/α-hetero) is 1. The number of anilines is 3. The fourth-order valence-corrected chi connectivity index (χ4v) is 5.40. The van der Waals surface area contributed by atoms with Crippen molar-refractivity contribution in [3.05, 3.63) is 34.9 Å². The number of rotatable bonds is 8. The van der Waals surface area contributed by atoms with Crippen LogP contribution in [0.25, 0.3) is 0 Å². The van der Waals surface area contributed by atoms with E-state index in [2.05, 4.69) is 39.2 Å². The Kier molecular flexibility index (Phi) is 7.68. The van der Waals surface area contributed by atoms with Gasteiger partial charge in [0.05, 0.1) is 39.5 Å². The van der Waals surface area contributed by atoms with Gasteiger partial charge in [0.25, 0.3) is 0 Å². The third-order valence-electron chi connectivity index (χ3n) is 7.68. The predicted molar refractivity (Wildman–Crippen MR) is 142 cm³/mol. The smallest absolute Gasteiger partial charge is 0.320 e. The molecule has 0 amide bonds. The number of hydrogen-bond donors (Lipinski definition) is 2. The van der Waals surface area contributed by atoms with E-state index in [1.54, 1.807) is 6.92 Å². The molecule has 2 aromatic rings. The summed E-state index contributed by atoms with van der Waals surface area (Å²) in [6, 6.07) is 6.94. The number of carbonyl (C=O) groups excluding carboxylic acids is 1. The fraction of sp³-hybridized carbons (Fsp3) is 0.556. The van der Waals surface area contributed by atoms with Crippen LogP contribution in [-0.4, -0.2) is 92.1 Å². The zero-order valence-corrected chi connectivity index (χ0v) is 21.8. The van der Waals surface area contributed by atoms with Crippen molar-refractivity contribution in [1.29, 1.82) is 5.41 Å². The third-order valence-corrected chi connectivity index (χ3v) is 7.68. The van der Waals surface area contributed by atoms with Crippen LogP contribution >= 0.6 is 0 Å². The molecule has 37 heavy (non-hydrogen) atoms. The lowest BCUT2D eigenvalue weighted by atomic mass is 9.85. The molecule has 0 aliphatic carbocycles. The van der Waals surface area contributed by atoms with Crippen molar-refractivity contribution in [2.24, 2.45) is 0 Å². The van der Waals surface area contributed by atoms with Crippen LogP contribution in [0.2, 0.25) is 0 Å². The lowest BCUT2D eigenvalue weighted by Gasteiger charge is -2.41. The third kappa shape index (κ3) is 5.61. The van der Waals surface area contributed by atoms with E-state index >= 15 is 0 Å². The Morgan fingerprint density at radius 2 is 1.97 bits per heavy atom. The number of carbonyl (C=O) groups is 1. The van der Waals surface area contributed by atoms with E-state index < -0.39 is 6.10 Å². The SMILES string of the molecule is COc1nc(Nc2cc(C3CCN(C4COC4)CC3)c(C)cc2C=N)cc(N2CCOC(C(C)=O)C2)n1. The predicted octanol–water partition coefficient (Wildman–Crippen LogP) is 2.91. The highest BCUT2D eigenvalue weighted by Crippen LogP contribution is 2.35. The van der Waals surface area contributed by atoms with Gasteiger partial charge in [0.1, 0.15) is 17.7 Å². The van der Waals surface area contributed by atoms with Crippen molar-refractivity contribution >= 4 is 29.3 Å². The number of likely N-dealkylation sites (tertiary alicyclic amines) is 1. The minimum absolute atomic E-state index is 0.00117. The average Bonchev–Trinajstić information content (AvgIpc) is 2.89. The molecule has 198 valence electrons. The number of ketones is 1. The summed E-state index contributed by atoms with van der Waals surface area (Å²) in [7, 11) is 1.54. The zero-order valence-electron chi connectivity index (χ0n) is 21.8. The van der Waals surface area contributed by atoms with Crippen LogP contribution in [0.5, 0.6) is 6.01 Å². The van der Waals surface area contributed by atoms with E-state index in [0.717, 1.165) is 50.4 Å². The standard InChI is InChI=1S/C27H36N6O4/c1-17-10-20(13-28)23(11-22(17)19-4-6-32(7-5-19)21-15-36-16-21)29-25-12-26(31-27(30-25)35-3)33-8-9-37-24(14-33)18(2)34/h10-13,19,21,24,28H,4-9,14-16H2,1-3H3,(H,29,30,31). The van der Waals surface area contributed by atoms with Gasteiger partial charge in [0.15, 0.2) is 5.78 Å². The normalized spacial score (nSPS) is 21.4. The van der Waals surface area contributed by atoms with E-state index in [9.17, 15) is 4.79 Å². The van der Waals surface area contributed by atoms with Gasteiger partial charge in [-0.05, 0) is 69.0 Å². The number of methoxy groups -OCH3 is 1. The van der Waals surface area contributed by atoms with Gasteiger partial charge < -0.3 is 29.8 Å². The first kappa shape index (κ1) is 25.6. The van der Waals surface area contributed by atoms with Gasteiger partial charge in [0, 0.05) is 30.1 Å². The molecule has 0 saturated carbocycles. The maximum Gasteiger partial charge on any atom is 0.320 e. The van der Waals surface area contributed by atoms with E-state index in [0.29, 0.717) is 43.3 Å². The molecular formula is C27H36N6O4. The highest BCUT2D eigenvalue weighted by molar-refractivity contribution is 5.88. The largest absolute Gasteiger partial charge is 0.467 e. The van der Waals surface area contributed by atoms with Gasteiger partial charge in [0.2, 0.25) is 0 Å². The Labute approximate surface area is 217 Å². The first-order chi connectivity index (χ1) is 17.9. The van der Waals surface area contributed by atoms with Crippen molar-refractivity contribution in [1.82, 2.24) is 14.9 Å². The molecule has 0 radical (unpaired) electrons. The van der Waals surface area contributed by atoms with Crippen LogP contribution in [0.4, 0.5) is 17.3 Å². The highest BCUT2D eigenvalue weighted by atomic mass is 16.5. The molecule has 10 heteroatoms. The van der Waals surface area contributed by atoms with Gasteiger partial charge in [-0.3, -0.25) is 9.69 Å². The molecule has 3 fully saturated rings. The van der Waals surface area contributed by atoms with Gasteiger partial charge in [-0.15, -0.1) is 0 Å². The van der Waals surface area contributed by atoms with Crippen molar-refractivity contribution in [3.8, 4) is 6.01 Å². The Bertz CT molecular complexity index is 1150. The molecule has 1 aromatic carbocycles. The minimum Gasteiger partial charge on any atom is -0.467 e. The van der Waals surface area contributed by atoms with Crippen molar-refractivity contribution in [3.63, 3.8) is 0 Å². The summed E-state index contributed by atoms with van der Waals surface area (Å²) >= 11 is 0. The molecule has 0 spiro atoms. The van der Waals surface area contributed by atoms with E-state index in [4.69, 9.17) is 19.6 Å². The number of benzene rings is 1. The van der Waals surface area contributed by atoms with Crippen LogP contribution in [0.1, 0.15) is 42.4 Å². The molecule has 3 aliphatic rings. The van der Waals surface area contributed by atoms with Crippen molar-refractivity contribution in [2.45, 2.75) is 44.8 Å². The Morgan fingerprint density at radius 3 is 2.62 bits per heavy atom. The quantitative estimate of drug-likeness (QED) is 0.520. The first-order valence-electron chi connectivity index (χ1n) is 13.0. The van der Waals surface area contributed by atoms with E-state index in [-0.39, 0.29) is 11.8 Å². The Balaban J connectivity index is 1.38. The topological polar surface area (TPSA) is 113 Å². The molecule has 1 atom stereocenters. The maximum atomic E-state index is 11.9. The molecular weight excluding hydrogens is 472 g/mol. The molecule has 5 rings (SSSR count). The molecule has 1 aromatic heterocycles. The number of aryl methyl sites for hydroxylation is 1. The first-order valence-corrected chi connectivity index (χ1v) is 13.0. The number of nitrogens with one attached hydrogen (secondary N) is 2. The second-order valence-corrected chi connectivity index (χ2v) is 10.1. The Hall–Kier alpha value is -3.08. The van der Waals surface area contributed by atoms with Crippen molar-refractivity contribution in [2.75, 3.05) is 63.3 Å². The molecule has 3 aliphatic heterocycles. The summed E-state index contributed by atoms with van der Waals surface area (Å²) in [4.78, 5) is 25.5. The molecule has 3 saturated heterocycles. The van der Waals surface area contributed by atoms with E-state index in [1.807, 2.05) is 11.0 Å². The average molecular weight is 509 g/mol. The van der Waals surface area contributed by atoms with Crippen LogP contribution in [-0.2, 0) is 14.3 Å². The van der Waals surface area contributed by atoms with E-state index in [1.165, 1.54) is 24.5 Å². The van der Waals surface area contributed by atoms with Gasteiger partial charge in [-0.25, -0.2) is 0 Å². The maximum absolute atomic E-state index is 11.9. The summed E-state index contributed by atoms with van der Waals surface area (Å²) in [5, 5.41) is 11.4. The van der Waals surface area contributed by atoms with Gasteiger partial charge in [-0.1, -0.05) is 0 Å². The molecule has 2 N–H and O–H groups in total. The van der Waals surface area contributed by atoms with Crippen LogP contribution in [0.15, 0.2) is 18.2 Å². The number of hydrogen-bond acceptors (Lipinski definition) is 10. The number of aromatic nitrogens is 2. The molecule has 4 heterocycles. The molecule has 1 unspecified atom stereocenters. The molecule has 10 nitrogen and oxygen atoms in total. The minimum atomic E-state index is -0.474. The summed E-state index contributed by atoms with van der Waals surface area (Å²) in [5.74, 6) is 1.72. The fourth-order valence-electron chi connectivity index (χ4n) is 5.40. The lowest BCUT2D eigenvalue weighted by molar-refractivity contribution is -0.128. The van der Waals surface area contributed by atoms with Crippen LogP contribution in [0, 0.1) is 12.3 Å². The van der Waals surface area contributed by atoms with Crippen LogP contribution < -0.4 is 15.0 Å². The monoisotopic (exact) mass is 508 g/mol. The Morgan fingerprint density at radius 1 is 1.19 bits per heavy atom. The summed E-state index contributed by atoms with van der Waals surface area (Å²) in [6.45, 7) is 9.06. The van der Waals surface area contributed by atoms with Crippen LogP contribution in [0.3, 0.4) is 0 Å². The summed E-state index contributed by atoms with van der Waals surface area (Å²) in [6.07, 6.45) is 3.12. The number of nitrogens with zero attached hydrogens (tertiary/aromatic N) is 4. The lowest BCUT2D eigenvalue weighted by Crippen LogP contribution is -2.51.